The Balaban J connectivity index is 2.23. The summed E-state index contributed by atoms with van der Waals surface area (Å²) in [5.41, 5.74) is 0. The summed E-state index contributed by atoms with van der Waals surface area (Å²) in [5, 5.41) is 2.84. The molecule has 0 atom stereocenters. The maximum Gasteiger partial charge on any atom is 0.212 e. The van der Waals surface area contributed by atoms with E-state index in [9.17, 15) is 8.42 Å². The number of nitrogens with one attached hydrogen (secondary N) is 2. The summed E-state index contributed by atoms with van der Waals surface area (Å²) in [6.45, 7) is 3.24. The predicted octanol–water partition coefficient (Wildman–Crippen LogP) is -0.533. The summed E-state index contributed by atoms with van der Waals surface area (Å²) in [7, 11) is 0.778. The van der Waals surface area contributed by atoms with E-state index in [1.807, 2.05) is 0 Å². The molecule has 0 spiro atoms. The molecule has 1 saturated heterocycles. The highest BCUT2D eigenvalue weighted by molar-refractivity contribution is 7.89. The molecule has 0 amide bonds. The van der Waals surface area contributed by atoms with Crippen LogP contribution in [0, 0.1) is 5.92 Å². The number of sulfonamides is 1. The number of hydrogen-bond acceptors (Lipinski definition) is 4. The monoisotopic (exact) mass is 249 g/mol. The van der Waals surface area contributed by atoms with E-state index in [2.05, 4.69) is 22.0 Å². The van der Waals surface area contributed by atoms with Crippen molar-refractivity contribution in [1.29, 1.82) is 0 Å². The number of hydrogen-bond donors (Lipinski definition) is 2. The van der Waals surface area contributed by atoms with Crippen LogP contribution in [-0.4, -0.2) is 59.3 Å². The summed E-state index contributed by atoms with van der Waals surface area (Å²) < 4.78 is 25.8. The third-order valence-corrected chi connectivity index (χ3v) is 4.40. The highest BCUT2D eigenvalue weighted by Crippen LogP contribution is 2.14. The molecule has 0 bridgehead atoms. The van der Waals surface area contributed by atoms with Crippen molar-refractivity contribution < 1.29 is 8.42 Å². The van der Waals surface area contributed by atoms with E-state index < -0.39 is 10.0 Å². The molecule has 1 fully saturated rings. The molecule has 5 nitrogen and oxygen atoms in total. The number of likely N-dealkylation sites (tertiary alicyclic amines) is 1. The van der Waals surface area contributed by atoms with Crippen molar-refractivity contribution in [2.24, 2.45) is 5.92 Å². The van der Waals surface area contributed by atoms with Gasteiger partial charge in [0.15, 0.2) is 0 Å². The second-order valence-electron chi connectivity index (χ2n) is 4.52. The highest BCUT2D eigenvalue weighted by Gasteiger charge is 2.18. The van der Waals surface area contributed by atoms with Crippen molar-refractivity contribution in [3.63, 3.8) is 0 Å². The fourth-order valence-electron chi connectivity index (χ4n) is 1.82. The van der Waals surface area contributed by atoms with Gasteiger partial charge >= 0.3 is 0 Å². The normalized spacial score (nSPS) is 20.1. The minimum absolute atomic E-state index is 0.163. The van der Waals surface area contributed by atoms with Gasteiger partial charge in [-0.05, 0) is 45.9 Å². The van der Waals surface area contributed by atoms with Gasteiger partial charge in [0.1, 0.15) is 0 Å². The number of piperidine rings is 1. The van der Waals surface area contributed by atoms with Gasteiger partial charge in [-0.25, -0.2) is 13.1 Å². The quantitative estimate of drug-likeness (QED) is 0.664. The van der Waals surface area contributed by atoms with Crippen LogP contribution in [0.4, 0.5) is 0 Å². The van der Waals surface area contributed by atoms with E-state index in [1.54, 1.807) is 7.05 Å². The topological polar surface area (TPSA) is 61.4 Å². The Morgan fingerprint density at radius 3 is 2.50 bits per heavy atom. The third-order valence-electron chi connectivity index (χ3n) is 3.05. The second kappa shape index (κ2) is 6.54. The molecule has 1 aliphatic heterocycles. The Hall–Kier alpha value is -0.170. The standard InChI is InChI=1S/C10H23N3O2S/c1-11-5-8-16(14,15)12-9-10-3-6-13(2)7-4-10/h10-12H,3-9H2,1-2H3. The predicted molar refractivity (Wildman–Crippen MR) is 65.9 cm³/mol. The van der Waals surface area contributed by atoms with Crippen LogP contribution in [-0.2, 0) is 10.0 Å². The molecule has 1 heterocycles. The zero-order valence-corrected chi connectivity index (χ0v) is 11.0. The SMILES string of the molecule is CNCCS(=O)(=O)NCC1CCN(C)CC1. The Kier molecular flexibility index (Phi) is 5.68. The Bertz CT molecular complexity index is 284. The minimum Gasteiger partial charge on any atom is -0.319 e. The fourth-order valence-corrected chi connectivity index (χ4v) is 2.93. The zero-order chi connectivity index (χ0) is 12.0. The van der Waals surface area contributed by atoms with Gasteiger partial charge in [0.05, 0.1) is 5.75 Å². The molecular weight excluding hydrogens is 226 g/mol. The average molecular weight is 249 g/mol. The van der Waals surface area contributed by atoms with Gasteiger partial charge in [-0.15, -0.1) is 0 Å². The molecule has 2 N–H and O–H groups in total. The maximum absolute atomic E-state index is 11.5. The molecule has 6 heteroatoms. The number of rotatable bonds is 6. The van der Waals surface area contributed by atoms with E-state index in [1.165, 1.54) is 0 Å². The van der Waals surface area contributed by atoms with E-state index >= 15 is 0 Å². The zero-order valence-electron chi connectivity index (χ0n) is 10.2. The lowest BCUT2D eigenvalue weighted by Gasteiger charge is -2.28. The first kappa shape index (κ1) is 13.9. The van der Waals surface area contributed by atoms with Crippen molar-refractivity contribution in [3.05, 3.63) is 0 Å². The highest BCUT2D eigenvalue weighted by atomic mass is 32.2. The Morgan fingerprint density at radius 2 is 1.94 bits per heavy atom. The third kappa shape index (κ3) is 5.25. The first-order valence-electron chi connectivity index (χ1n) is 5.84. The van der Waals surface area contributed by atoms with E-state index in [0.717, 1.165) is 25.9 Å². The van der Waals surface area contributed by atoms with Crippen LogP contribution in [0.15, 0.2) is 0 Å². The first-order chi connectivity index (χ1) is 7.53. The van der Waals surface area contributed by atoms with Gasteiger partial charge in [-0.3, -0.25) is 0 Å². The lowest BCUT2D eigenvalue weighted by Crippen LogP contribution is -2.38. The molecular formula is C10H23N3O2S. The Labute approximate surface area is 98.6 Å². The summed E-state index contributed by atoms with van der Waals surface area (Å²) in [5.74, 6) is 0.663. The minimum atomic E-state index is -3.08. The molecule has 0 aromatic heterocycles. The molecule has 0 aliphatic carbocycles. The summed E-state index contributed by atoms with van der Waals surface area (Å²) in [6, 6.07) is 0. The van der Waals surface area contributed by atoms with Gasteiger partial charge in [0, 0.05) is 13.1 Å². The molecule has 0 aromatic carbocycles. The van der Waals surface area contributed by atoms with E-state index in [4.69, 9.17) is 0 Å². The van der Waals surface area contributed by atoms with Crippen LogP contribution in [0.3, 0.4) is 0 Å². The molecule has 0 radical (unpaired) electrons. The molecule has 0 aromatic rings. The van der Waals surface area contributed by atoms with Gasteiger partial charge in [0.25, 0.3) is 0 Å². The van der Waals surface area contributed by atoms with Gasteiger partial charge < -0.3 is 10.2 Å². The van der Waals surface area contributed by atoms with Crippen molar-refractivity contribution in [3.8, 4) is 0 Å². The van der Waals surface area contributed by atoms with Crippen LogP contribution in [0.25, 0.3) is 0 Å². The van der Waals surface area contributed by atoms with Crippen LogP contribution in [0.1, 0.15) is 12.8 Å². The maximum atomic E-state index is 11.5. The molecule has 16 heavy (non-hydrogen) atoms. The molecule has 0 saturated carbocycles. The summed E-state index contributed by atoms with van der Waals surface area (Å²) >= 11 is 0. The lowest BCUT2D eigenvalue weighted by atomic mass is 9.98. The second-order valence-corrected chi connectivity index (χ2v) is 6.44. The van der Waals surface area contributed by atoms with Gasteiger partial charge in [-0.2, -0.15) is 0 Å². The summed E-state index contributed by atoms with van der Waals surface area (Å²) in [4.78, 5) is 2.28. The van der Waals surface area contributed by atoms with Crippen molar-refractivity contribution in [2.45, 2.75) is 12.8 Å². The van der Waals surface area contributed by atoms with Crippen LogP contribution < -0.4 is 10.0 Å². The lowest BCUT2D eigenvalue weighted by molar-refractivity contribution is 0.220. The first-order valence-corrected chi connectivity index (χ1v) is 7.49. The molecule has 1 aliphatic rings. The van der Waals surface area contributed by atoms with Gasteiger partial charge in [-0.1, -0.05) is 0 Å². The smallest absolute Gasteiger partial charge is 0.212 e. The van der Waals surface area contributed by atoms with Crippen molar-refractivity contribution in [1.82, 2.24) is 14.9 Å². The van der Waals surface area contributed by atoms with Crippen LogP contribution >= 0.6 is 0 Å². The fraction of sp³-hybridized carbons (Fsp3) is 1.00. The van der Waals surface area contributed by atoms with E-state index in [-0.39, 0.29) is 5.75 Å². The number of nitrogens with zero attached hydrogens (tertiary/aromatic N) is 1. The van der Waals surface area contributed by atoms with Crippen molar-refractivity contribution >= 4 is 10.0 Å². The Morgan fingerprint density at radius 1 is 1.31 bits per heavy atom. The largest absolute Gasteiger partial charge is 0.319 e. The van der Waals surface area contributed by atoms with Crippen LogP contribution in [0.2, 0.25) is 0 Å². The molecule has 1 rings (SSSR count). The summed E-state index contributed by atoms with van der Waals surface area (Å²) in [6.07, 6.45) is 2.18. The van der Waals surface area contributed by atoms with Gasteiger partial charge in [0.2, 0.25) is 10.0 Å². The molecule has 0 unspecified atom stereocenters. The van der Waals surface area contributed by atoms with Crippen LogP contribution in [0.5, 0.6) is 0 Å². The van der Waals surface area contributed by atoms with E-state index in [0.29, 0.717) is 19.0 Å². The molecule has 96 valence electrons. The van der Waals surface area contributed by atoms with Crippen molar-refractivity contribution in [2.75, 3.05) is 46.0 Å². The average Bonchev–Trinajstić information content (AvgIpc) is 2.26.